The summed E-state index contributed by atoms with van der Waals surface area (Å²) in [6.45, 7) is 4.38. The average Bonchev–Trinajstić information content (AvgIpc) is 2.35. The number of hydrogen-bond acceptors (Lipinski definition) is 5. The standard InChI is InChI=1S/C14H17N3O2S/c1-10-8-11(2)17-14(16-10)15-9-12-4-6-13(7-5-12)20(3,18)19/h4-8H,9H2,1-3H3,(H,15,16,17). The van der Waals surface area contributed by atoms with Gasteiger partial charge < -0.3 is 5.32 Å². The number of aromatic nitrogens is 2. The zero-order valence-electron chi connectivity index (χ0n) is 11.7. The van der Waals surface area contributed by atoms with E-state index >= 15 is 0 Å². The number of sulfone groups is 1. The van der Waals surface area contributed by atoms with Gasteiger partial charge in [-0.2, -0.15) is 0 Å². The van der Waals surface area contributed by atoms with Crippen molar-refractivity contribution in [1.29, 1.82) is 0 Å². The predicted octanol–water partition coefficient (Wildman–Crippen LogP) is 2.11. The van der Waals surface area contributed by atoms with Crippen molar-refractivity contribution < 1.29 is 8.42 Å². The molecule has 0 aliphatic carbocycles. The van der Waals surface area contributed by atoms with Crippen LogP contribution in [-0.4, -0.2) is 24.6 Å². The van der Waals surface area contributed by atoms with Gasteiger partial charge in [-0.3, -0.25) is 0 Å². The van der Waals surface area contributed by atoms with Crippen molar-refractivity contribution in [2.24, 2.45) is 0 Å². The number of nitrogens with zero attached hydrogens (tertiary/aromatic N) is 2. The molecule has 0 saturated heterocycles. The molecule has 0 bridgehead atoms. The first-order valence-corrected chi connectivity index (χ1v) is 8.09. The topological polar surface area (TPSA) is 72.0 Å². The Morgan fingerprint density at radius 2 is 1.60 bits per heavy atom. The van der Waals surface area contributed by atoms with E-state index in [4.69, 9.17) is 0 Å². The van der Waals surface area contributed by atoms with Gasteiger partial charge in [0.25, 0.3) is 0 Å². The van der Waals surface area contributed by atoms with Crippen LogP contribution < -0.4 is 5.32 Å². The second-order valence-electron chi connectivity index (χ2n) is 4.74. The fourth-order valence-electron chi connectivity index (χ4n) is 1.84. The third-order valence-electron chi connectivity index (χ3n) is 2.78. The molecular weight excluding hydrogens is 274 g/mol. The first kappa shape index (κ1) is 14.5. The maximum atomic E-state index is 11.4. The molecule has 0 saturated carbocycles. The van der Waals surface area contributed by atoms with Gasteiger partial charge in [0.2, 0.25) is 5.95 Å². The molecule has 0 atom stereocenters. The summed E-state index contributed by atoms with van der Waals surface area (Å²) in [5.41, 5.74) is 2.79. The highest BCUT2D eigenvalue weighted by Gasteiger charge is 2.06. The van der Waals surface area contributed by atoms with Crippen molar-refractivity contribution >= 4 is 15.8 Å². The van der Waals surface area contributed by atoms with Crippen LogP contribution in [0.15, 0.2) is 35.2 Å². The summed E-state index contributed by atoms with van der Waals surface area (Å²) in [5, 5.41) is 3.13. The van der Waals surface area contributed by atoms with Crippen LogP contribution in [0.3, 0.4) is 0 Å². The second-order valence-corrected chi connectivity index (χ2v) is 6.76. The lowest BCUT2D eigenvalue weighted by atomic mass is 10.2. The number of benzene rings is 1. The third kappa shape index (κ3) is 3.77. The molecule has 1 aromatic carbocycles. The Kier molecular flexibility index (Phi) is 4.04. The molecule has 0 amide bonds. The Hall–Kier alpha value is -1.95. The first-order valence-electron chi connectivity index (χ1n) is 6.20. The van der Waals surface area contributed by atoms with Crippen molar-refractivity contribution in [1.82, 2.24) is 9.97 Å². The van der Waals surface area contributed by atoms with E-state index in [-0.39, 0.29) is 0 Å². The van der Waals surface area contributed by atoms with E-state index in [1.54, 1.807) is 24.3 Å². The van der Waals surface area contributed by atoms with E-state index in [0.29, 0.717) is 17.4 Å². The highest BCUT2D eigenvalue weighted by molar-refractivity contribution is 7.90. The molecule has 0 fully saturated rings. The molecule has 1 N–H and O–H groups in total. The fourth-order valence-corrected chi connectivity index (χ4v) is 2.47. The Morgan fingerprint density at radius 3 is 2.10 bits per heavy atom. The van der Waals surface area contributed by atoms with Crippen molar-refractivity contribution in [3.8, 4) is 0 Å². The number of nitrogens with one attached hydrogen (secondary N) is 1. The largest absolute Gasteiger partial charge is 0.350 e. The normalized spacial score (nSPS) is 11.3. The van der Waals surface area contributed by atoms with Crippen LogP contribution in [0.2, 0.25) is 0 Å². The van der Waals surface area contributed by atoms with E-state index in [9.17, 15) is 8.42 Å². The SMILES string of the molecule is Cc1cc(C)nc(NCc2ccc(S(C)(=O)=O)cc2)n1. The minimum absolute atomic E-state index is 0.323. The lowest BCUT2D eigenvalue weighted by Crippen LogP contribution is -2.05. The average molecular weight is 291 g/mol. The van der Waals surface area contributed by atoms with E-state index in [2.05, 4.69) is 15.3 Å². The van der Waals surface area contributed by atoms with Crippen LogP contribution in [-0.2, 0) is 16.4 Å². The number of anilines is 1. The highest BCUT2D eigenvalue weighted by Crippen LogP contribution is 2.11. The van der Waals surface area contributed by atoms with Gasteiger partial charge >= 0.3 is 0 Å². The second kappa shape index (κ2) is 5.58. The van der Waals surface area contributed by atoms with Gasteiger partial charge in [0.05, 0.1) is 4.90 Å². The van der Waals surface area contributed by atoms with Crippen LogP contribution in [0.4, 0.5) is 5.95 Å². The van der Waals surface area contributed by atoms with Gasteiger partial charge in [-0.15, -0.1) is 0 Å². The highest BCUT2D eigenvalue weighted by atomic mass is 32.2. The zero-order chi connectivity index (χ0) is 14.8. The number of aryl methyl sites for hydroxylation is 2. The smallest absolute Gasteiger partial charge is 0.223 e. The molecule has 5 nitrogen and oxygen atoms in total. The van der Waals surface area contributed by atoms with Gasteiger partial charge in [0.15, 0.2) is 9.84 Å². The van der Waals surface area contributed by atoms with Crippen LogP contribution >= 0.6 is 0 Å². The minimum Gasteiger partial charge on any atom is -0.350 e. The van der Waals surface area contributed by atoms with Crippen molar-refractivity contribution in [3.63, 3.8) is 0 Å². The predicted molar refractivity (Wildman–Crippen MR) is 78.4 cm³/mol. The van der Waals surface area contributed by atoms with Gasteiger partial charge in [0.1, 0.15) is 0 Å². The van der Waals surface area contributed by atoms with Crippen molar-refractivity contribution in [2.45, 2.75) is 25.3 Å². The first-order chi connectivity index (χ1) is 9.34. The van der Waals surface area contributed by atoms with Gasteiger partial charge in [-0.1, -0.05) is 12.1 Å². The lowest BCUT2D eigenvalue weighted by molar-refractivity contribution is 0.602. The summed E-state index contributed by atoms with van der Waals surface area (Å²) in [6.07, 6.45) is 1.20. The lowest BCUT2D eigenvalue weighted by Gasteiger charge is -2.07. The Bertz CT molecular complexity index is 689. The van der Waals surface area contributed by atoms with E-state index in [1.807, 2.05) is 19.9 Å². The number of rotatable bonds is 4. The molecule has 106 valence electrons. The molecule has 2 aromatic rings. The van der Waals surface area contributed by atoms with Crippen LogP contribution in [0.1, 0.15) is 17.0 Å². The fraction of sp³-hybridized carbons (Fsp3) is 0.286. The van der Waals surface area contributed by atoms with Crippen molar-refractivity contribution in [3.05, 3.63) is 47.3 Å². The molecular formula is C14H17N3O2S. The van der Waals surface area contributed by atoms with Gasteiger partial charge in [-0.25, -0.2) is 18.4 Å². The van der Waals surface area contributed by atoms with E-state index in [0.717, 1.165) is 17.0 Å². The maximum absolute atomic E-state index is 11.4. The Labute approximate surface area is 119 Å². The maximum Gasteiger partial charge on any atom is 0.223 e. The minimum atomic E-state index is -3.14. The Balaban J connectivity index is 2.07. The quantitative estimate of drug-likeness (QED) is 0.934. The van der Waals surface area contributed by atoms with Crippen LogP contribution in [0, 0.1) is 13.8 Å². The molecule has 0 aliphatic rings. The molecule has 6 heteroatoms. The summed E-state index contributed by atoms with van der Waals surface area (Å²) < 4.78 is 22.7. The monoisotopic (exact) mass is 291 g/mol. The van der Waals surface area contributed by atoms with E-state index in [1.165, 1.54) is 6.26 Å². The molecule has 20 heavy (non-hydrogen) atoms. The molecule has 0 radical (unpaired) electrons. The summed E-state index contributed by atoms with van der Waals surface area (Å²) in [7, 11) is -3.14. The van der Waals surface area contributed by atoms with Crippen LogP contribution in [0.5, 0.6) is 0 Å². The molecule has 0 spiro atoms. The van der Waals surface area contributed by atoms with Gasteiger partial charge in [0, 0.05) is 24.2 Å². The van der Waals surface area contributed by atoms with Crippen LogP contribution in [0.25, 0.3) is 0 Å². The molecule has 0 aliphatic heterocycles. The Morgan fingerprint density at radius 1 is 1.05 bits per heavy atom. The summed E-state index contributed by atoms with van der Waals surface area (Å²) in [4.78, 5) is 8.90. The summed E-state index contributed by atoms with van der Waals surface area (Å²) in [6, 6.07) is 8.69. The summed E-state index contributed by atoms with van der Waals surface area (Å²) >= 11 is 0. The molecule has 0 unspecified atom stereocenters. The molecule has 1 aromatic heterocycles. The van der Waals surface area contributed by atoms with E-state index < -0.39 is 9.84 Å². The summed E-state index contributed by atoms with van der Waals surface area (Å²) in [5.74, 6) is 0.578. The van der Waals surface area contributed by atoms with Gasteiger partial charge in [-0.05, 0) is 37.6 Å². The zero-order valence-corrected chi connectivity index (χ0v) is 12.5. The molecule has 1 heterocycles. The molecule has 2 rings (SSSR count). The number of hydrogen-bond donors (Lipinski definition) is 1. The third-order valence-corrected chi connectivity index (χ3v) is 3.91. The van der Waals surface area contributed by atoms with Crippen molar-refractivity contribution in [2.75, 3.05) is 11.6 Å².